The van der Waals surface area contributed by atoms with Gasteiger partial charge in [0.05, 0.1) is 38.6 Å². The molecule has 2 heterocycles. The van der Waals surface area contributed by atoms with Crippen molar-refractivity contribution in [1.82, 2.24) is 9.97 Å². The van der Waals surface area contributed by atoms with Gasteiger partial charge in [-0.3, -0.25) is 0 Å². The lowest BCUT2D eigenvalue weighted by Gasteiger charge is -2.24. The Balaban J connectivity index is 1.58. The van der Waals surface area contributed by atoms with Crippen LogP contribution in [0.5, 0.6) is 5.75 Å². The van der Waals surface area contributed by atoms with E-state index in [1.54, 1.807) is 12.4 Å². The van der Waals surface area contributed by atoms with Crippen molar-refractivity contribution in [3.8, 4) is 5.75 Å². The number of quaternary nitrogens is 1. The van der Waals surface area contributed by atoms with Crippen molar-refractivity contribution in [2.45, 2.75) is 6.61 Å². The van der Waals surface area contributed by atoms with Crippen LogP contribution in [0.2, 0.25) is 0 Å². The highest BCUT2D eigenvalue weighted by Gasteiger charge is 2.14. The second-order valence-electron chi connectivity index (χ2n) is 4.85. The molecule has 0 atom stereocenters. The summed E-state index contributed by atoms with van der Waals surface area (Å²) >= 11 is 0. The van der Waals surface area contributed by atoms with Gasteiger partial charge in [-0.15, -0.1) is 0 Å². The first kappa shape index (κ1) is 12.9. The number of rotatable bonds is 4. The summed E-state index contributed by atoms with van der Waals surface area (Å²) in [5.41, 5.74) is 1.14. The number of hydrogen-bond acceptors (Lipinski definition) is 4. The molecule has 0 radical (unpaired) electrons. The molecule has 1 aliphatic heterocycles. The fourth-order valence-electron chi connectivity index (χ4n) is 2.24. The van der Waals surface area contributed by atoms with Gasteiger partial charge in [0.15, 0.2) is 5.75 Å². The molecule has 5 nitrogen and oxygen atoms in total. The van der Waals surface area contributed by atoms with Crippen LogP contribution in [0.15, 0.2) is 42.7 Å². The first-order valence-electron chi connectivity index (χ1n) is 6.97. The van der Waals surface area contributed by atoms with Gasteiger partial charge in [-0.2, -0.15) is 0 Å². The summed E-state index contributed by atoms with van der Waals surface area (Å²) in [6, 6.07) is 10.1. The third kappa shape index (κ3) is 3.24. The van der Waals surface area contributed by atoms with Crippen molar-refractivity contribution in [3.63, 3.8) is 0 Å². The highest BCUT2D eigenvalue weighted by Crippen LogP contribution is 2.13. The number of ether oxygens (including phenoxy) is 1. The summed E-state index contributed by atoms with van der Waals surface area (Å²) in [6.45, 7) is 4.77. The molecule has 1 aliphatic rings. The minimum Gasteiger partial charge on any atom is -0.486 e. The number of hydrogen-bond donors (Lipinski definition) is 1. The Bertz CT molecular complexity index is 523. The number of nitrogens with two attached hydrogens (primary N) is 1. The van der Waals surface area contributed by atoms with Gasteiger partial charge in [-0.05, 0) is 5.56 Å². The van der Waals surface area contributed by atoms with Crippen molar-refractivity contribution in [3.05, 3.63) is 48.3 Å². The Kier molecular flexibility index (Phi) is 4.08. The van der Waals surface area contributed by atoms with Gasteiger partial charge in [0, 0.05) is 0 Å². The normalized spacial score (nSPS) is 15.1. The van der Waals surface area contributed by atoms with Gasteiger partial charge in [0.2, 0.25) is 5.95 Å². The largest absolute Gasteiger partial charge is 0.486 e. The molecule has 0 saturated carbocycles. The molecule has 104 valence electrons. The van der Waals surface area contributed by atoms with E-state index in [2.05, 4.69) is 20.2 Å². The summed E-state index contributed by atoms with van der Waals surface area (Å²) in [5.74, 6) is 1.51. The third-order valence-corrected chi connectivity index (χ3v) is 3.35. The van der Waals surface area contributed by atoms with E-state index >= 15 is 0 Å². The van der Waals surface area contributed by atoms with Gasteiger partial charge in [0.25, 0.3) is 0 Å². The fraction of sp³-hybridized carbons (Fsp3) is 0.333. The zero-order chi connectivity index (χ0) is 13.6. The molecule has 0 unspecified atom stereocenters. The maximum atomic E-state index is 5.68. The van der Waals surface area contributed by atoms with Crippen molar-refractivity contribution in [2.24, 2.45) is 0 Å². The molecule has 20 heavy (non-hydrogen) atoms. The topological polar surface area (TPSA) is 54.9 Å². The van der Waals surface area contributed by atoms with E-state index in [1.165, 1.54) is 0 Å². The van der Waals surface area contributed by atoms with Crippen LogP contribution in [0.1, 0.15) is 5.56 Å². The van der Waals surface area contributed by atoms with Crippen molar-refractivity contribution < 1.29 is 10.1 Å². The fourth-order valence-corrected chi connectivity index (χ4v) is 2.24. The smallest absolute Gasteiger partial charge is 0.225 e. The van der Waals surface area contributed by atoms with Gasteiger partial charge in [-0.25, -0.2) is 9.97 Å². The quantitative estimate of drug-likeness (QED) is 0.876. The molecular weight excluding hydrogens is 252 g/mol. The zero-order valence-electron chi connectivity index (χ0n) is 11.4. The molecule has 3 rings (SSSR count). The van der Waals surface area contributed by atoms with Crippen molar-refractivity contribution in [2.75, 3.05) is 31.1 Å². The Labute approximate surface area is 118 Å². The number of aromatic nitrogens is 2. The predicted molar refractivity (Wildman–Crippen MR) is 76.7 cm³/mol. The van der Waals surface area contributed by atoms with E-state index in [1.807, 2.05) is 30.3 Å². The SMILES string of the molecule is c1ccc(COc2cnc(N3CC[NH2+]CC3)nc2)cc1. The van der Waals surface area contributed by atoms with Crippen molar-refractivity contribution in [1.29, 1.82) is 0 Å². The van der Waals surface area contributed by atoms with E-state index < -0.39 is 0 Å². The van der Waals surface area contributed by atoms with E-state index in [9.17, 15) is 0 Å². The van der Waals surface area contributed by atoms with Gasteiger partial charge >= 0.3 is 0 Å². The average molecular weight is 271 g/mol. The van der Waals surface area contributed by atoms with Crippen LogP contribution < -0.4 is 15.0 Å². The maximum absolute atomic E-state index is 5.68. The third-order valence-electron chi connectivity index (χ3n) is 3.35. The van der Waals surface area contributed by atoms with Gasteiger partial charge in [-0.1, -0.05) is 30.3 Å². The summed E-state index contributed by atoms with van der Waals surface area (Å²) in [6.07, 6.45) is 3.51. The summed E-state index contributed by atoms with van der Waals surface area (Å²) < 4.78 is 5.68. The number of anilines is 1. The molecule has 0 amide bonds. The highest BCUT2D eigenvalue weighted by molar-refractivity contribution is 5.31. The maximum Gasteiger partial charge on any atom is 0.225 e. The van der Waals surface area contributed by atoms with E-state index in [-0.39, 0.29) is 0 Å². The molecule has 1 saturated heterocycles. The Morgan fingerprint density at radius 1 is 1.05 bits per heavy atom. The first-order valence-corrected chi connectivity index (χ1v) is 6.97. The zero-order valence-corrected chi connectivity index (χ0v) is 11.4. The number of nitrogens with zero attached hydrogens (tertiary/aromatic N) is 3. The van der Waals surface area contributed by atoms with Crippen LogP contribution in [0.25, 0.3) is 0 Å². The lowest BCUT2D eigenvalue weighted by Crippen LogP contribution is -2.89. The van der Waals surface area contributed by atoms with E-state index in [0.717, 1.165) is 37.7 Å². The standard InChI is InChI=1S/C15H18N4O/c1-2-4-13(5-3-1)12-20-14-10-17-15(18-11-14)19-8-6-16-7-9-19/h1-5,10-11,16H,6-9,12H2/p+1. The minimum atomic E-state index is 0.544. The lowest BCUT2D eigenvalue weighted by atomic mass is 10.2. The molecule has 2 aromatic rings. The van der Waals surface area contributed by atoms with Crippen LogP contribution in [0, 0.1) is 0 Å². The van der Waals surface area contributed by atoms with Crippen LogP contribution in [0.3, 0.4) is 0 Å². The molecule has 0 bridgehead atoms. The van der Waals surface area contributed by atoms with Gasteiger partial charge in [0.1, 0.15) is 6.61 Å². The second kappa shape index (κ2) is 6.34. The van der Waals surface area contributed by atoms with Crippen molar-refractivity contribution >= 4 is 5.95 Å². The van der Waals surface area contributed by atoms with Crippen LogP contribution >= 0.6 is 0 Å². The molecule has 2 N–H and O–H groups in total. The molecule has 1 aromatic carbocycles. The predicted octanol–water partition coefficient (Wildman–Crippen LogP) is 0.439. The molecule has 1 aromatic heterocycles. The molecular formula is C15H19N4O+. The Hall–Kier alpha value is -2.14. The van der Waals surface area contributed by atoms with E-state index in [0.29, 0.717) is 12.4 Å². The van der Waals surface area contributed by atoms with Crippen LogP contribution in [0.4, 0.5) is 5.95 Å². The molecule has 5 heteroatoms. The summed E-state index contributed by atoms with van der Waals surface area (Å²) in [7, 11) is 0. The Morgan fingerprint density at radius 2 is 1.75 bits per heavy atom. The molecule has 0 aliphatic carbocycles. The molecule has 0 spiro atoms. The lowest BCUT2D eigenvalue weighted by molar-refractivity contribution is -0.655. The monoisotopic (exact) mass is 271 g/mol. The number of benzene rings is 1. The molecule has 1 fully saturated rings. The summed E-state index contributed by atoms with van der Waals surface area (Å²) in [4.78, 5) is 11.0. The van der Waals surface area contributed by atoms with Crippen LogP contribution in [-0.2, 0) is 6.61 Å². The first-order chi connectivity index (χ1) is 9.92. The highest BCUT2D eigenvalue weighted by atomic mass is 16.5. The second-order valence-corrected chi connectivity index (χ2v) is 4.85. The minimum absolute atomic E-state index is 0.544. The number of piperazine rings is 1. The Morgan fingerprint density at radius 3 is 2.45 bits per heavy atom. The van der Waals surface area contributed by atoms with E-state index in [4.69, 9.17) is 4.74 Å². The summed E-state index contributed by atoms with van der Waals surface area (Å²) in [5, 5.41) is 2.31. The van der Waals surface area contributed by atoms with Crippen LogP contribution in [-0.4, -0.2) is 36.1 Å². The van der Waals surface area contributed by atoms with Gasteiger partial charge < -0.3 is 15.0 Å². The average Bonchev–Trinajstić information content (AvgIpc) is 2.55.